The lowest BCUT2D eigenvalue weighted by Crippen LogP contribution is -2.40. The van der Waals surface area contributed by atoms with Gasteiger partial charge in [-0.25, -0.2) is 0 Å². The SMILES string of the molecule is CCOC(=O)C1(C(=O)OCC)CC(Br)C(Br)C1. The van der Waals surface area contributed by atoms with Crippen LogP contribution >= 0.6 is 31.9 Å². The molecule has 0 N–H and O–H groups in total. The van der Waals surface area contributed by atoms with Crippen LogP contribution in [0.3, 0.4) is 0 Å². The van der Waals surface area contributed by atoms with Crippen molar-refractivity contribution in [3.63, 3.8) is 0 Å². The standard InChI is InChI=1S/C11H16Br2O4/c1-3-16-9(14)11(10(15)17-4-2)5-7(12)8(13)6-11/h7-8H,3-6H2,1-2H3. The van der Waals surface area contributed by atoms with E-state index in [-0.39, 0.29) is 22.9 Å². The van der Waals surface area contributed by atoms with E-state index in [9.17, 15) is 9.59 Å². The number of rotatable bonds is 4. The maximum atomic E-state index is 12.0. The predicted molar refractivity (Wildman–Crippen MR) is 70.4 cm³/mol. The molecule has 4 nitrogen and oxygen atoms in total. The first kappa shape index (κ1) is 15.0. The monoisotopic (exact) mass is 370 g/mol. The zero-order valence-electron chi connectivity index (χ0n) is 9.87. The second-order valence-corrected chi connectivity index (χ2v) is 6.32. The molecule has 6 heteroatoms. The number of hydrogen-bond donors (Lipinski definition) is 0. The van der Waals surface area contributed by atoms with Crippen LogP contribution in [0.25, 0.3) is 0 Å². The smallest absolute Gasteiger partial charge is 0.323 e. The second kappa shape index (κ2) is 6.18. The lowest BCUT2D eigenvalue weighted by molar-refractivity contribution is -0.171. The highest BCUT2D eigenvalue weighted by Crippen LogP contribution is 2.46. The normalized spacial score (nSPS) is 26.6. The molecule has 0 heterocycles. The molecule has 0 bridgehead atoms. The van der Waals surface area contributed by atoms with E-state index in [0.717, 1.165) is 0 Å². The number of halogens is 2. The summed E-state index contributed by atoms with van der Waals surface area (Å²) in [6.45, 7) is 3.98. The zero-order chi connectivity index (χ0) is 13.1. The number of carbonyl (C=O) groups excluding carboxylic acids is 2. The molecule has 98 valence electrons. The predicted octanol–water partition coefficient (Wildman–Crippen LogP) is 2.42. The average Bonchev–Trinajstić information content (AvgIpc) is 2.57. The van der Waals surface area contributed by atoms with Gasteiger partial charge in [-0.1, -0.05) is 31.9 Å². The third-order valence-electron chi connectivity index (χ3n) is 2.81. The van der Waals surface area contributed by atoms with Crippen LogP contribution in [0.2, 0.25) is 0 Å². The van der Waals surface area contributed by atoms with E-state index in [0.29, 0.717) is 12.8 Å². The Kier molecular flexibility index (Phi) is 5.44. The van der Waals surface area contributed by atoms with Crippen LogP contribution in [0.15, 0.2) is 0 Å². The van der Waals surface area contributed by atoms with Gasteiger partial charge < -0.3 is 9.47 Å². The summed E-state index contributed by atoms with van der Waals surface area (Å²) < 4.78 is 10.0. The maximum absolute atomic E-state index is 12.0. The van der Waals surface area contributed by atoms with Crippen molar-refractivity contribution in [2.45, 2.75) is 36.3 Å². The van der Waals surface area contributed by atoms with Crippen molar-refractivity contribution < 1.29 is 19.1 Å². The van der Waals surface area contributed by atoms with Crippen molar-refractivity contribution in [1.82, 2.24) is 0 Å². The van der Waals surface area contributed by atoms with Crippen molar-refractivity contribution in [1.29, 1.82) is 0 Å². The Bertz CT molecular complexity index is 276. The molecule has 2 unspecified atom stereocenters. The van der Waals surface area contributed by atoms with Gasteiger partial charge in [-0.05, 0) is 26.7 Å². The molecule has 0 saturated heterocycles. The van der Waals surface area contributed by atoms with Crippen LogP contribution in [-0.4, -0.2) is 34.8 Å². The Hall–Kier alpha value is -0.100. The molecule has 1 saturated carbocycles. The van der Waals surface area contributed by atoms with Crippen molar-refractivity contribution in [3.05, 3.63) is 0 Å². The molecule has 17 heavy (non-hydrogen) atoms. The number of alkyl halides is 2. The minimum Gasteiger partial charge on any atom is -0.465 e. The van der Waals surface area contributed by atoms with Crippen LogP contribution in [0.5, 0.6) is 0 Å². The largest absolute Gasteiger partial charge is 0.465 e. The van der Waals surface area contributed by atoms with Crippen LogP contribution in [0.4, 0.5) is 0 Å². The zero-order valence-corrected chi connectivity index (χ0v) is 13.0. The summed E-state index contributed by atoms with van der Waals surface area (Å²) >= 11 is 6.91. The fourth-order valence-electron chi connectivity index (χ4n) is 1.96. The molecule has 1 aliphatic carbocycles. The lowest BCUT2D eigenvalue weighted by Gasteiger charge is -2.24. The van der Waals surface area contributed by atoms with Gasteiger partial charge >= 0.3 is 11.9 Å². The van der Waals surface area contributed by atoms with Crippen molar-refractivity contribution in [2.24, 2.45) is 5.41 Å². The molecule has 1 aliphatic rings. The van der Waals surface area contributed by atoms with E-state index in [1.54, 1.807) is 13.8 Å². The minimum atomic E-state index is -1.16. The van der Waals surface area contributed by atoms with Crippen molar-refractivity contribution >= 4 is 43.8 Å². The summed E-state index contributed by atoms with van der Waals surface area (Å²) in [5, 5.41) is 0. The Morgan fingerprint density at radius 3 is 1.71 bits per heavy atom. The highest BCUT2D eigenvalue weighted by molar-refractivity contribution is 9.12. The third kappa shape index (κ3) is 3.02. The quantitative estimate of drug-likeness (QED) is 0.432. The van der Waals surface area contributed by atoms with Gasteiger partial charge in [0.1, 0.15) is 0 Å². The van der Waals surface area contributed by atoms with E-state index in [1.165, 1.54) is 0 Å². The first-order valence-electron chi connectivity index (χ1n) is 5.60. The first-order chi connectivity index (χ1) is 7.97. The van der Waals surface area contributed by atoms with Gasteiger partial charge in [0, 0.05) is 9.65 Å². The highest BCUT2D eigenvalue weighted by Gasteiger charge is 2.56. The molecule has 2 atom stereocenters. The number of hydrogen-bond acceptors (Lipinski definition) is 4. The molecular weight excluding hydrogens is 356 g/mol. The van der Waals surface area contributed by atoms with E-state index in [1.807, 2.05) is 0 Å². The van der Waals surface area contributed by atoms with Gasteiger partial charge in [0.05, 0.1) is 13.2 Å². The molecule has 0 radical (unpaired) electrons. The summed E-state index contributed by atoms with van der Waals surface area (Å²) in [7, 11) is 0. The minimum absolute atomic E-state index is 0.0660. The van der Waals surface area contributed by atoms with E-state index in [2.05, 4.69) is 31.9 Å². The summed E-state index contributed by atoms with van der Waals surface area (Å²) in [6, 6.07) is 0. The fraction of sp³-hybridized carbons (Fsp3) is 0.818. The van der Waals surface area contributed by atoms with Gasteiger partial charge in [0.25, 0.3) is 0 Å². The molecule has 0 aromatic rings. The first-order valence-corrected chi connectivity index (χ1v) is 7.43. The molecule has 0 spiro atoms. The summed E-state index contributed by atoms with van der Waals surface area (Å²) in [4.78, 5) is 24.2. The Morgan fingerprint density at radius 2 is 1.41 bits per heavy atom. The Labute approximate surface area is 118 Å². The highest BCUT2D eigenvalue weighted by atomic mass is 79.9. The van der Waals surface area contributed by atoms with E-state index >= 15 is 0 Å². The molecule has 0 aromatic carbocycles. The Morgan fingerprint density at radius 1 is 1.06 bits per heavy atom. The summed E-state index contributed by atoms with van der Waals surface area (Å²) in [5.74, 6) is -0.963. The number of esters is 2. The van der Waals surface area contributed by atoms with Crippen LogP contribution < -0.4 is 0 Å². The molecule has 1 fully saturated rings. The molecular formula is C11H16Br2O4. The molecule has 0 amide bonds. The Balaban J connectivity index is 2.94. The van der Waals surface area contributed by atoms with Gasteiger partial charge in [-0.2, -0.15) is 0 Å². The van der Waals surface area contributed by atoms with Gasteiger partial charge in [-0.3, -0.25) is 9.59 Å². The summed E-state index contributed by atoms with van der Waals surface area (Å²) in [6.07, 6.45) is 0.807. The molecule has 1 rings (SSSR count). The van der Waals surface area contributed by atoms with Crippen LogP contribution in [0, 0.1) is 5.41 Å². The van der Waals surface area contributed by atoms with Gasteiger partial charge in [0.15, 0.2) is 5.41 Å². The van der Waals surface area contributed by atoms with Crippen molar-refractivity contribution in [2.75, 3.05) is 13.2 Å². The van der Waals surface area contributed by atoms with Gasteiger partial charge in [-0.15, -0.1) is 0 Å². The van der Waals surface area contributed by atoms with E-state index < -0.39 is 17.4 Å². The third-order valence-corrected chi connectivity index (χ3v) is 5.44. The van der Waals surface area contributed by atoms with Gasteiger partial charge in [0.2, 0.25) is 0 Å². The lowest BCUT2D eigenvalue weighted by atomic mass is 9.86. The van der Waals surface area contributed by atoms with Crippen LogP contribution in [-0.2, 0) is 19.1 Å². The molecule has 0 aromatic heterocycles. The average molecular weight is 372 g/mol. The topological polar surface area (TPSA) is 52.6 Å². The van der Waals surface area contributed by atoms with E-state index in [4.69, 9.17) is 9.47 Å². The number of ether oxygens (including phenoxy) is 2. The number of carbonyl (C=O) groups is 2. The maximum Gasteiger partial charge on any atom is 0.323 e. The summed E-state index contributed by atoms with van der Waals surface area (Å²) in [5.41, 5.74) is -1.16. The fourth-order valence-corrected chi connectivity index (χ4v) is 3.44. The second-order valence-electron chi connectivity index (χ2n) is 3.96. The molecule has 0 aliphatic heterocycles. The van der Waals surface area contributed by atoms with Crippen molar-refractivity contribution in [3.8, 4) is 0 Å². The van der Waals surface area contributed by atoms with Crippen LogP contribution in [0.1, 0.15) is 26.7 Å².